The number of aliphatic hydroxyl groups excluding tert-OH is 1. The number of nitrogens with zero attached hydrogens (tertiary/aromatic N) is 3. The van der Waals surface area contributed by atoms with Gasteiger partial charge in [0.15, 0.2) is 18.0 Å². The Hall–Kier alpha value is -2.90. The molecule has 9 nitrogen and oxygen atoms in total. The molecule has 0 fully saturated rings. The third-order valence-electron chi connectivity index (χ3n) is 4.87. The van der Waals surface area contributed by atoms with Gasteiger partial charge in [0.25, 0.3) is 5.91 Å². The van der Waals surface area contributed by atoms with Gasteiger partial charge in [-0.3, -0.25) is 14.4 Å². The number of amides is 1. The first-order chi connectivity index (χ1) is 15.8. The molecule has 0 saturated carbocycles. The maximum Gasteiger partial charge on any atom is 0.255 e. The first kappa shape index (κ1) is 24.7. The molecule has 4 N–H and O–H groups in total. The van der Waals surface area contributed by atoms with Gasteiger partial charge >= 0.3 is 0 Å². The van der Waals surface area contributed by atoms with Crippen LogP contribution in [0.5, 0.6) is 0 Å². The van der Waals surface area contributed by atoms with Crippen molar-refractivity contribution in [3.63, 3.8) is 0 Å². The van der Waals surface area contributed by atoms with Crippen molar-refractivity contribution in [2.24, 2.45) is 0 Å². The van der Waals surface area contributed by atoms with E-state index >= 15 is 0 Å². The molecule has 13 heteroatoms. The highest BCUT2D eigenvalue weighted by Crippen LogP contribution is 2.25. The van der Waals surface area contributed by atoms with E-state index in [4.69, 9.17) is 5.41 Å². The van der Waals surface area contributed by atoms with Crippen molar-refractivity contribution in [2.45, 2.75) is 12.5 Å². The molecule has 2 heterocycles. The van der Waals surface area contributed by atoms with E-state index in [1.165, 1.54) is 36.8 Å². The Kier molecular flexibility index (Phi) is 8.10. The standard InChI is InChI=1S/C20H22F2N6O3S2/c1-24-15-7-11(21)3-4-13(15)17(23)16-8-25-19-18(27-16)14(9-28(19)32-22)20(30)26-12(10-29)5-6-33(2)31/h3-4,7-9,12,23-24,29H,5-6,10H2,1-2H3,(H,26,30). The normalized spacial score (nSPS) is 13.0. The van der Waals surface area contributed by atoms with Crippen molar-refractivity contribution in [3.05, 3.63) is 53.2 Å². The van der Waals surface area contributed by atoms with E-state index in [9.17, 15) is 22.4 Å². The van der Waals surface area contributed by atoms with Gasteiger partial charge in [-0.15, -0.1) is 3.89 Å². The van der Waals surface area contributed by atoms with Crippen LogP contribution in [0.1, 0.15) is 28.0 Å². The highest BCUT2D eigenvalue weighted by atomic mass is 32.2. The minimum atomic E-state index is -1.09. The molecule has 0 bridgehead atoms. The van der Waals surface area contributed by atoms with Gasteiger partial charge in [-0.25, -0.2) is 18.3 Å². The predicted molar refractivity (Wildman–Crippen MR) is 125 cm³/mol. The van der Waals surface area contributed by atoms with Crippen LogP contribution in [0.3, 0.4) is 0 Å². The Morgan fingerprint density at radius 1 is 1.39 bits per heavy atom. The number of hydrogen-bond donors (Lipinski definition) is 4. The summed E-state index contributed by atoms with van der Waals surface area (Å²) in [6, 6.07) is 3.23. The van der Waals surface area contributed by atoms with Crippen LogP contribution in [0.2, 0.25) is 0 Å². The molecular formula is C20H22F2N6O3S2. The van der Waals surface area contributed by atoms with Crippen molar-refractivity contribution in [1.29, 1.82) is 5.41 Å². The van der Waals surface area contributed by atoms with Crippen LogP contribution in [0.4, 0.5) is 14.0 Å². The number of carbonyl (C=O) groups is 1. The summed E-state index contributed by atoms with van der Waals surface area (Å²) in [5.41, 5.74) is 0.903. The molecule has 2 atom stereocenters. The fraction of sp³-hybridized carbons (Fsp3) is 0.300. The fourth-order valence-corrected chi connectivity index (χ4v) is 4.12. The van der Waals surface area contributed by atoms with E-state index in [-0.39, 0.29) is 47.1 Å². The van der Waals surface area contributed by atoms with Crippen LogP contribution in [-0.4, -0.2) is 66.6 Å². The van der Waals surface area contributed by atoms with Crippen LogP contribution in [0.25, 0.3) is 11.2 Å². The zero-order chi connectivity index (χ0) is 24.1. The van der Waals surface area contributed by atoms with E-state index in [1.54, 1.807) is 7.05 Å². The van der Waals surface area contributed by atoms with Crippen molar-refractivity contribution >= 4 is 51.6 Å². The molecule has 0 aliphatic carbocycles. The molecule has 3 aromatic rings. The summed E-state index contributed by atoms with van der Waals surface area (Å²) in [4.78, 5) is 21.4. The Labute approximate surface area is 195 Å². The maximum absolute atomic E-state index is 13.6. The van der Waals surface area contributed by atoms with Gasteiger partial charge in [-0.1, -0.05) is 0 Å². The Balaban J connectivity index is 1.99. The molecule has 0 saturated heterocycles. The lowest BCUT2D eigenvalue weighted by Crippen LogP contribution is -2.38. The molecule has 0 aliphatic heterocycles. The fourth-order valence-electron chi connectivity index (χ4n) is 3.16. The van der Waals surface area contributed by atoms with Crippen molar-refractivity contribution < 1.29 is 22.4 Å². The Bertz CT molecular complexity index is 1220. The lowest BCUT2D eigenvalue weighted by molar-refractivity contribution is 0.0916. The minimum Gasteiger partial charge on any atom is -0.394 e. The van der Waals surface area contributed by atoms with Gasteiger partial charge in [0, 0.05) is 47.3 Å². The first-order valence-corrected chi connectivity index (χ1v) is 12.1. The van der Waals surface area contributed by atoms with Gasteiger partial charge in [0.2, 0.25) is 0 Å². The number of aromatic nitrogens is 3. The van der Waals surface area contributed by atoms with Crippen LogP contribution in [0, 0.1) is 11.2 Å². The topological polar surface area (TPSA) is 133 Å². The molecular weight excluding hydrogens is 474 g/mol. The molecule has 1 amide bonds. The predicted octanol–water partition coefficient (Wildman–Crippen LogP) is 2.27. The molecule has 1 aromatic carbocycles. The second kappa shape index (κ2) is 10.8. The monoisotopic (exact) mass is 496 g/mol. The zero-order valence-corrected chi connectivity index (χ0v) is 19.4. The van der Waals surface area contributed by atoms with Gasteiger partial charge < -0.3 is 15.7 Å². The largest absolute Gasteiger partial charge is 0.394 e. The maximum atomic E-state index is 13.6. The number of rotatable bonds is 10. The Morgan fingerprint density at radius 3 is 2.79 bits per heavy atom. The average Bonchev–Trinajstić information content (AvgIpc) is 3.19. The van der Waals surface area contributed by atoms with Gasteiger partial charge in [0.05, 0.1) is 30.1 Å². The van der Waals surface area contributed by atoms with Crippen LogP contribution < -0.4 is 10.6 Å². The minimum absolute atomic E-state index is 0.00122. The van der Waals surface area contributed by atoms with E-state index in [0.29, 0.717) is 23.4 Å². The summed E-state index contributed by atoms with van der Waals surface area (Å²) in [5, 5.41) is 23.5. The molecule has 176 valence electrons. The molecule has 33 heavy (non-hydrogen) atoms. The van der Waals surface area contributed by atoms with Gasteiger partial charge in [0.1, 0.15) is 17.0 Å². The summed E-state index contributed by atoms with van der Waals surface area (Å²) < 4.78 is 39.4. The van der Waals surface area contributed by atoms with Crippen LogP contribution >= 0.6 is 12.3 Å². The lowest BCUT2D eigenvalue weighted by Gasteiger charge is -2.15. The van der Waals surface area contributed by atoms with Crippen molar-refractivity contribution in [3.8, 4) is 0 Å². The summed E-state index contributed by atoms with van der Waals surface area (Å²) in [6.45, 7) is -0.363. The average molecular weight is 497 g/mol. The van der Waals surface area contributed by atoms with Crippen molar-refractivity contribution in [2.75, 3.05) is 31.0 Å². The first-order valence-electron chi connectivity index (χ1n) is 9.74. The number of halogens is 2. The molecule has 0 spiro atoms. The quantitative estimate of drug-likeness (QED) is 0.317. The van der Waals surface area contributed by atoms with E-state index in [2.05, 4.69) is 20.6 Å². The van der Waals surface area contributed by atoms with Crippen molar-refractivity contribution in [1.82, 2.24) is 19.3 Å². The van der Waals surface area contributed by atoms with Gasteiger partial charge in [-0.05, 0) is 24.6 Å². The number of carbonyl (C=O) groups excluding carboxylic acids is 1. The second-order valence-electron chi connectivity index (χ2n) is 7.10. The third-order valence-corrected chi connectivity index (χ3v) is 6.11. The third kappa shape index (κ3) is 5.54. The number of aliphatic hydroxyl groups is 1. The highest BCUT2D eigenvalue weighted by Gasteiger charge is 2.22. The SMILES string of the molecule is CNc1cc(F)ccc1C(=N)c1cnc2c(n1)c(C(=O)NC(CO)CCS(C)=O)cn2SF. The zero-order valence-electron chi connectivity index (χ0n) is 17.8. The molecule has 0 aliphatic rings. The highest BCUT2D eigenvalue weighted by molar-refractivity contribution is 7.92. The number of hydrogen-bond acceptors (Lipinski definition) is 8. The number of fused-ring (bicyclic) bond motifs is 1. The Morgan fingerprint density at radius 2 is 2.15 bits per heavy atom. The summed E-state index contributed by atoms with van der Waals surface area (Å²) in [5.74, 6) is -0.802. The van der Waals surface area contributed by atoms with E-state index < -0.39 is 28.6 Å². The molecule has 0 radical (unpaired) electrons. The van der Waals surface area contributed by atoms with E-state index in [1.807, 2.05) is 0 Å². The summed E-state index contributed by atoms with van der Waals surface area (Å²) >= 11 is -0.167. The van der Waals surface area contributed by atoms with Crippen LogP contribution in [0.15, 0.2) is 30.6 Å². The molecule has 3 rings (SSSR count). The summed E-state index contributed by atoms with van der Waals surface area (Å²) in [7, 11) is 0.499. The number of nitrogens with one attached hydrogen (secondary N) is 3. The number of anilines is 1. The lowest BCUT2D eigenvalue weighted by atomic mass is 10.1. The summed E-state index contributed by atoms with van der Waals surface area (Å²) in [6.07, 6.45) is 4.31. The van der Waals surface area contributed by atoms with Gasteiger partial charge in [-0.2, -0.15) is 0 Å². The van der Waals surface area contributed by atoms with E-state index in [0.717, 1.165) is 3.97 Å². The van der Waals surface area contributed by atoms with Crippen LogP contribution in [-0.2, 0) is 10.8 Å². The number of benzene rings is 1. The molecule has 2 aromatic heterocycles. The molecule has 2 unspecified atom stereocenters. The second-order valence-corrected chi connectivity index (χ2v) is 9.18. The smallest absolute Gasteiger partial charge is 0.255 e.